The van der Waals surface area contributed by atoms with Gasteiger partial charge in [-0.2, -0.15) is 4.98 Å². The van der Waals surface area contributed by atoms with E-state index in [4.69, 9.17) is 4.52 Å². The second kappa shape index (κ2) is 5.30. The number of hydrogen-bond donors (Lipinski definition) is 1. The van der Waals surface area contributed by atoms with Crippen molar-refractivity contribution in [1.29, 1.82) is 0 Å². The predicted octanol–water partition coefficient (Wildman–Crippen LogP) is 3.07. The van der Waals surface area contributed by atoms with Crippen molar-refractivity contribution < 1.29 is 4.52 Å². The smallest absolute Gasteiger partial charge is 0.231 e. The maximum absolute atomic E-state index is 5.37. The predicted molar refractivity (Wildman–Crippen MR) is 80.9 cm³/mol. The highest BCUT2D eigenvalue weighted by molar-refractivity contribution is 5.85. The summed E-state index contributed by atoms with van der Waals surface area (Å²) in [6.07, 6.45) is 3.21. The normalized spacial score (nSPS) is 14.7. The molecule has 21 heavy (non-hydrogen) atoms. The highest BCUT2D eigenvalue weighted by atomic mass is 16.5. The van der Waals surface area contributed by atoms with E-state index in [1.54, 1.807) is 0 Å². The lowest BCUT2D eigenvalue weighted by Crippen LogP contribution is -2.16. The van der Waals surface area contributed by atoms with Gasteiger partial charge in [-0.25, -0.2) is 0 Å². The Morgan fingerprint density at radius 1 is 1.10 bits per heavy atom. The Kier molecular flexibility index (Phi) is 3.16. The van der Waals surface area contributed by atoms with Gasteiger partial charge in [0.15, 0.2) is 5.82 Å². The average Bonchev–Trinajstić information content (AvgIpc) is 3.25. The van der Waals surface area contributed by atoms with Crippen molar-refractivity contribution in [2.24, 2.45) is 0 Å². The molecular weight excluding hydrogens is 262 g/mol. The van der Waals surface area contributed by atoms with Crippen LogP contribution in [0.2, 0.25) is 0 Å². The molecule has 106 valence electrons. The lowest BCUT2D eigenvalue weighted by Gasteiger charge is -2.03. The highest BCUT2D eigenvalue weighted by Gasteiger charge is 2.21. The Labute approximate surface area is 123 Å². The van der Waals surface area contributed by atoms with E-state index in [2.05, 4.69) is 57.9 Å². The van der Waals surface area contributed by atoms with Gasteiger partial charge in [0, 0.05) is 6.04 Å². The summed E-state index contributed by atoms with van der Waals surface area (Å²) < 4.78 is 5.37. The molecule has 4 rings (SSSR count). The summed E-state index contributed by atoms with van der Waals surface area (Å²) in [7, 11) is 0. The topological polar surface area (TPSA) is 51.0 Å². The molecule has 0 atom stereocenters. The van der Waals surface area contributed by atoms with Gasteiger partial charge in [0.25, 0.3) is 0 Å². The zero-order valence-corrected chi connectivity index (χ0v) is 11.7. The van der Waals surface area contributed by atoms with E-state index in [-0.39, 0.29) is 0 Å². The molecule has 2 aromatic carbocycles. The first kappa shape index (κ1) is 12.5. The van der Waals surface area contributed by atoms with Crippen molar-refractivity contribution in [1.82, 2.24) is 15.5 Å². The molecule has 0 bridgehead atoms. The number of nitrogens with zero attached hydrogens (tertiary/aromatic N) is 2. The molecule has 0 saturated heterocycles. The molecule has 0 radical (unpaired) electrons. The van der Waals surface area contributed by atoms with Crippen LogP contribution in [0.3, 0.4) is 0 Å². The number of benzene rings is 2. The van der Waals surface area contributed by atoms with E-state index in [0.29, 0.717) is 24.9 Å². The summed E-state index contributed by atoms with van der Waals surface area (Å²) >= 11 is 0. The van der Waals surface area contributed by atoms with Crippen LogP contribution in [0.15, 0.2) is 47.0 Å². The van der Waals surface area contributed by atoms with Crippen LogP contribution in [-0.4, -0.2) is 16.2 Å². The Bertz CT molecular complexity index is 756. The Morgan fingerprint density at radius 2 is 1.95 bits per heavy atom. The number of nitrogens with one attached hydrogen (secondary N) is 1. The zero-order chi connectivity index (χ0) is 14.1. The first-order valence-electron chi connectivity index (χ1n) is 7.40. The zero-order valence-electron chi connectivity index (χ0n) is 11.7. The quantitative estimate of drug-likeness (QED) is 0.780. The van der Waals surface area contributed by atoms with E-state index < -0.39 is 0 Å². The molecule has 4 nitrogen and oxygen atoms in total. The largest absolute Gasteiger partial charge is 0.339 e. The molecular formula is C17H17N3O. The molecule has 4 heteroatoms. The van der Waals surface area contributed by atoms with Crippen LogP contribution in [-0.2, 0) is 13.0 Å². The summed E-state index contributed by atoms with van der Waals surface area (Å²) in [4.78, 5) is 4.47. The van der Waals surface area contributed by atoms with Gasteiger partial charge in [-0.3, -0.25) is 0 Å². The average molecular weight is 279 g/mol. The molecule has 1 N–H and O–H groups in total. The van der Waals surface area contributed by atoms with E-state index in [9.17, 15) is 0 Å². The van der Waals surface area contributed by atoms with Crippen LogP contribution in [0.25, 0.3) is 10.8 Å². The van der Waals surface area contributed by atoms with Crippen LogP contribution < -0.4 is 5.32 Å². The van der Waals surface area contributed by atoms with E-state index in [1.165, 1.54) is 29.2 Å². The van der Waals surface area contributed by atoms with Crippen LogP contribution >= 0.6 is 0 Å². The molecule has 0 spiro atoms. The van der Waals surface area contributed by atoms with Crippen LogP contribution in [0.1, 0.15) is 30.1 Å². The molecule has 1 heterocycles. The van der Waals surface area contributed by atoms with Gasteiger partial charge in [0.1, 0.15) is 0 Å². The first-order chi connectivity index (χ1) is 10.4. The van der Waals surface area contributed by atoms with Crippen molar-refractivity contribution in [3.63, 3.8) is 0 Å². The van der Waals surface area contributed by atoms with Crippen LogP contribution in [0.5, 0.6) is 0 Å². The first-order valence-corrected chi connectivity index (χ1v) is 7.40. The third kappa shape index (κ3) is 2.81. The SMILES string of the molecule is c1ccc2c(Cc3nc(CNC4CC4)no3)cccc2c1. The van der Waals surface area contributed by atoms with E-state index in [1.807, 2.05) is 0 Å². The van der Waals surface area contributed by atoms with Crippen LogP contribution in [0.4, 0.5) is 0 Å². The minimum absolute atomic E-state index is 0.657. The summed E-state index contributed by atoms with van der Waals surface area (Å²) in [5.74, 6) is 1.43. The van der Waals surface area contributed by atoms with Crippen molar-refractivity contribution in [3.05, 3.63) is 59.7 Å². The highest BCUT2D eigenvalue weighted by Crippen LogP contribution is 2.21. The molecule has 1 aliphatic rings. The summed E-state index contributed by atoms with van der Waals surface area (Å²) in [6.45, 7) is 0.698. The van der Waals surface area contributed by atoms with Crippen molar-refractivity contribution >= 4 is 10.8 Å². The van der Waals surface area contributed by atoms with Gasteiger partial charge in [0.05, 0.1) is 13.0 Å². The fourth-order valence-corrected chi connectivity index (χ4v) is 2.57. The molecule has 1 saturated carbocycles. The molecule has 0 unspecified atom stereocenters. The fraction of sp³-hybridized carbons (Fsp3) is 0.294. The second-order valence-electron chi connectivity index (χ2n) is 5.57. The molecule has 1 aliphatic carbocycles. The maximum atomic E-state index is 5.37. The number of fused-ring (bicyclic) bond motifs is 1. The Hall–Kier alpha value is -2.20. The molecule has 0 amide bonds. The lowest BCUT2D eigenvalue weighted by molar-refractivity contribution is 0.378. The maximum Gasteiger partial charge on any atom is 0.231 e. The van der Waals surface area contributed by atoms with Crippen molar-refractivity contribution in [2.45, 2.75) is 31.8 Å². The minimum atomic E-state index is 0.657. The van der Waals surface area contributed by atoms with Gasteiger partial charge in [-0.1, -0.05) is 47.6 Å². The van der Waals surface area contributed by atoms with Crippen molar-refractivity contribution in [3.8, 4) is 0 Å². The third-order valence-corrected chi connectivity index (χ3v) is 3.86. The number of rotatable bonds is 5. The third-order valence-electron chi connectivity index (χ3n) is 3.86. The van der Waals surface area contributed by atoms with E-state index >= 15 is 0 Å². The number of aromatic nitrogens is 2. The second-order valence-corrected chi connectivity index (χ2v) is 5.57. The van der Waals surface area contributed by atoms with E-state index in [0.717, 1.165) is 5.82 Å². The van der Waals surface area contributed by atoms with Gasteiger partial charge in [0.2, 0.25) is 5.89 Å². The summed E-state index contributed by atoms with van der Waals surface area (Å²) in [5.41, 5.74) is 1.22. The lowest BCUT2D eigenvalue weighted by atomic mass is 10.0. The fourth-order valence-electron chi connectivity index (χ4n) is 2.57. The summed E-state index contributed by atoms with van der Waals surface area (Å²) in [5, 5.41) is 9.93. The van der Waals surface area contributed by atoms with Gasteiger partial charge >= 0.3 is 0 Å². The molecule has 3 aromatic rings. The Morgan fingerprint density at radius 3 is 2.86 bits per heavy atom. The Balaban J connectivity index is 1.53. The number of hydrogen-bond acceptors (Lipinski definition) is 4. The monoisotopic (exact) mass is 279 g/mol. The molecule has 1 fully saturated rings. The van der Waals surface area contributed by atoms with Crippen LogP contribution in [0, 0.1) is 0 Å². The van der Waals surface area contributed by atoms with Gasteiger partial charge in [-0.15, -0.1) is 0 Å². The van der Waals surface area contributed by atoms with Crippen molar-refractivity contribution in [2.75, 3.05) is 0 Å². The van der Waals surface area contributed by atoms with Gasteiger partial charge in [-0.05, 0) is 29.2 Å². The molecule has 0 aliphatic heterocycles. The minimum Gasteiger partial charge on any atom is -0.339 e. The molecule has 1 aromatic heterocycles. The summed E-state index contributed by atoms with van der Waals surface area (Å²) in [6, 6.07) is 15.3. The van der Waals surface area contributed by atoms with Gasteiger partial charge < -0.3 is 9.84 Å². The standard InChI is InChI=1S/C17H17N3O/c1-2-7-15-12(4-1)5-3-6-13(15)10-17-19-16(20-21-17)11-18-14-8-9-14/h1-7,14,18H,8-11H2.